The van der Waals surface area contributed by atoms with E-state index in [0.717, 1.165) is 0 Å². The van der Waals surface area contributed by atoms with E-state index in [9.17, 15) is 9.18 Å². The first-order valence-electron chi connectivity index (χ1n) is 8.97. The normalized spacial score (nSPS) is 14.1. The number of carbonyl (C=O) groups excluding carboxylic acids is 1. The molecule has 1 N–H and O–H groups in total. The van der Waals surface area contributed by atoms with Crippen LogP contribution in [0.2, 0.25) is 0 Å². The van der Waals surface area contributed by atoms with E-state index in [0.29, 0.717) is 54.8 Å². The topological polar surface area (TPSA) is 80.5 Å². The molecule has 0 bridgehead atoms. The average molecular weight is 382 g/mol. The summed E-state index contributed by atoms with van der Waals surface area (Å²) in [5.74, 6) is 1.01. The molecule has 1 aliphatic rings. The van der Waals surface area contributed by atoms with Crippen LogP contribution in [0.1, 0.15) is 16.1 Å². The number of carbonyl (C=O) groups is 1. The highest BCUT2D eigenvalue weighted by atomic mass is 19.1. The Kier molecular flexibility index (Phi) is 5.29. The zero-order chi connectivity index (χ0) is 19.3. The van der Waals surface area contributed by atoms with E-state index in [1.165, 1.54) is 18.3 Å². The molecule has 3 heterocycles. The van der Waals surface area contributed by atoms with E-state index in [2.05, 4.69) is 15.3 Å². The summed E-state index contributed by atoms with van der Waals surface area (Å²) in [6.07, 6.45) is 3.06. The molecule has 0 spiro atoms. The second-order valence-electron chi connectivity index (χ2n) is 6.30. The van der Waals surface area contributed by atoms with Gasteiger partial charge in [0.1, 0.15) is 23.0 Å². The first-order chi connectivity index (χ1) is 13.7. The van der Waals surface area contributed by atoms with Crippen LogP contribution in [0.5, 0.6) is 0 Å². The van der Waals surface area contributed by atoms with E-state index < -0.39 is 0 Å². The lowest BCUT2D eigenvalue weighted by Crippen LogP contribution is -2.38. The molecule has 0 atom stereocenters. The van der Waals surface area contributed by atoms with Crippen molar-refractivity contribution in [3.8, 4) is 11.4 Å². The molecule has 1 aliphatic heterocycles. The van der Waals surface area contributed by atoms with E-state index >= 15 is 0 Å². The quantitative estimate of drug-likeness (QED) is 0.731. The standard InChI is InChI=1S/C20H19FN4O3/c21-15-5-3-14(4-6-15)18-22-13-17(19(24-18)25-7-10-27-11-8-25)20(26)23-12-16-2-1-9-28-16/h1-6,9,13H,7-8,10-12H2,(H,23,26). The van der Waals surface area contributed by atoms with E-state index in [1.807, 2.05) is 4.90 Å². The maximum Gasteiger partial charge on any atom is 0.256 e. The van der Waals surface area contributed by atoms with Gasteiger partial charge in [0.2, 0.25) is 0 Å². The minimum atomic E-state index is -0.328. The number of ether oxygens (including phenoxy) is 1. The van der Waals surface area contributed by atoms with Gasteiger partial charge in [0.15, 0.2) is 5.82 Å². The van der Waals surface area contributed by atoms with Gasteiger partial charge in [0.05, 0.1) is 26.0 Å². The summed E-state index contributed by atoms with van der Waals surface area (Å²) in [7, 11) is 0. The SMILES string of the molecule is O=C(NCc1ccco1)c1cnc(-c2ccc(F)cc2)nc1N1CCOCC1. The molecular formula is C20H19FN4O3. The van der Waals surface area contributed by atoms with Crippen LogP contribution >= 0.6 is 0 Å². The lowest BCUT2D eigenvalue weighted by molar-refractivity contribution is 0.0945. The molecule has 8 heteroatoms. The van der Waals surface area contributed by atoms with Crippen LogP contribution in [0.4, 0.5) is 10.2 Å². The second kappa shape index (κ2) is 8.18. The molecular weight excluding hydrogens is 363 g/mol. The fourth-order valence-electron chi connectivity index (χ4n) is 2.96. The molecule has 1 aromatic carbocycles. The van der Waals surface area contributed by atoms with Gasteiger partial charge >= 0.3 is 0 Å². The molecule has 0 aliphatic carbocycles. The number of nitrogens with zero attached hydrogens (tertiary/aromatic N) is 3. The van der Waals surface area contributed by atoms with E-state index in [4.69, 9.17) is 9.15 Å². The lowest BCUT2D eigenvalue weighted by atomic mass is 10.2. The van der Waals surface area contributed by atoms with Crippen LogP contribution in [0.15, 0.2) is 53.3 Å². The third-order valence-electron chi connectivity index (χ3n) is 4.43. The van der Waals surface area contributed by atoms with Crippen LogP contribution in [-0.4, -0.2) is 42.2 Å². The molecule has 1 saturated heterocycles. The van der Waals surface area contributed by atoms with Crippen molar-refractivity contribution in [2.75, 3.05) is 31.2 Å². The summed E-state index contributed by atoms with van der Waals surface area (Å²) < 4.78 is 23.9. The third kappa shape index (κ3) is 4.01. The van der Waals surface area contributed by atoms with Crippen molar-refractivity contribution in [3.05, 3.63) is 66.0 Å². The molecule has 28 heavy (non-hydrogen) atoms. The van der Waals surface area contributed by atoms with Gasteiger partial charge in [0, 0.05) is 24.8 Å². The number of furan rings is 1. The number of halogens is 1. The zero-order valence-corrected chi connectivity index (χ0v) is 15.1. The van der Waals surface area contributed by atoms with Gasteiger partial charge < -0.3 is 19.4 Å². The summed E-state index contributed by atoms with van der Waals surface area (Å²) in [5.41, 5.74) is 1.05. The molecule has 144 valence electrons. The lowest BCUT2D eigenvalue weighted by Gasteiger charge is -2.29. The van der Waals surface area contributed by atoms with Crippen LogP contribution in [-0.2, 0) is 11.3 Å². The van der Waals surface area contributed by atoms with Gasteiger partial charge in [-0.3, -0.25) is 4.79 Å². The van der Waals surface area contributed by atoms with Crippen molar-refractivity contribution >= 4 is 11.7 Å². The first kappa shape index (κ1) is 18.1. The summed E-state index contributed by atoms with van der Waals surface area (Å²) in [6, 6.07) is 9.50. The zero-order valence-electron chi connectivity index (χ0n) is 15.1. The molecule has 2 aromatic heterocycles. The number of hydrogen-bond acceptors (Lipinski definition) is 6. The van der Waals surface area contributed by atoms with E-state index in [-0.39, 0.29) is 18.3 Å². The minimum Gasteiger partial charge on any atom is -0.467 e. The van der Waals surface area contributed by atoms with Crippen molar-refractivity contribution in [1.82, 2.24) is 15.3 Å². The summed E-state index contributed by atoms with van der Waals surface area (Å²) in [6.45, 7) is 2.64. The average Bonchev–Trinajstić information content (AvgIpc) is 3.26. The number of aromatic nitrogens is 2. The second-order valence-corrected chi connectivity index (χ2v) is 6.30. The highest BCUT2D eigenvalue weighted by Gasteiger charge is 2.22. The van der Waals surface area contributed by atoms with Crippen molar-refractivity contribution in [2.24, 2.45) is 0 Å². The van der Waals surface area contributed by atoms with Gasteiger partial charge in [-0.15, -0.1) is 0 Å². The number of hydrogen-bond donors (Lipinski definition) is 1. The Morgan fingerprint density at radius 2 is 1.96 bits per heavy atom. The number of rotatable bonds is 5. The number of morpholine rings is 1. The van der Waals surface area contributed by atoms with Gasteiger partial charge in [-0.25, -0.2) is 14.4 Å². The van der Waals surface area contributed by atoms with Crippen LogP contribution in [0.25, 0.3) is 11.4 Å². The Labute approximate surface area is 161 Å². The highest BCUT2D eigenvalue weighted by Crippen LogP contribution is 2.23. The van der Waals surface area contributed by atoms with Gasteiger partial charge in [0.25, 0.3) is 5.91 Å². The Balaban J connectivity index is 1.64. The van der Waals surface area contributed by atoms with Crippen LogP contribution in [0.3, 0.4) is 0 Å². The minimum absolute atomic E-state index is 0.272. The maximum absolute atomic E-state index is 13.2. The van der Waals surface area contributed by atoms with Crippen molar-refractivity contribution in [1.29, 1.82) is 0 Å². The number of anilines is 1. The Morgan fingerprint density at radius 1 is 1.18 bits per heavy atom. The molecule has 1 fully saturated rings. The van der Waals surface area contributed by atoms with E-state index in [1.54, 1.807) is 30.5 Å². The molecule has 4 rings (SSSR count). The fraction of sp³-hybridized carbons (Fsp3) is 0.250. The highest BCUT2D eigenvalue weighted by molar-refractivity contribution is 5.98. The Bertz CT molecular complexity index is 939. The van der Waals surface area contributed by atoms with Crippen LogP contribution in [0, 0.1) is 5.82 Å². The predicted octanol–water partition coefficient (Wildman–Crippen LogP) is 2.64. The third-order valence-corrected chi connectivity index (χ3v) is 4.43. The number of amides is 1. The first-order valence-corrected chi connectivity index (χ1v) is 8.97. The Morgan fingerprint density at radius 3 is 2.68 bits per heavy atom. The predicted molar refractivity (Wildman–Crippen MR) is 100 cm³/mol. The molecule has 0 radical (unpaired) electrons. The molecule has 7 nitrogen and oxygen atoms in total. The summed E-state index contributed by atoms with van der Waals surface area (Å²) in [4.78, 5) is 23.7. The van der Waals surface area contributed by atoms with Crippen molar-refractivity contribution < 1.29 is 18.3 Å². The fourth-order valence-corrected chi connectivity index (χ4v) is 2.96. The molecule has 3 aromatic rings. The van der Waals surface area contributed by atoms with Crippen molar-refractivity contribution in [2.45, 2.75) is 6.54 Å². The number of benzene rings is 1. The largest absolute Gasteiger partial charge is 0.467 e. The summed E-state index contributed by atoms with van der Waals surface area (Å²) in [5, 5.41) is 2.83. The van der Waals surface area contributed by atoms with Gasteiger partial charge in [-0.1, -0.05) is 0 Å². The maximum atomic E-state index is 13.2. The monoisotopic (exact) mass is 382 g/mol. The summed E-state index contributed by atoms with van der Waals surface area (Å²) >= 11 is 0. The molecule has 0 unspecified atom stereocenters. The van der Waals surface area contributed by atoms with Gasteiger partial charge in [-0.2, -0.15) is 0 Å². The van der Waals surface area contributed by atoms with Crippen LogP contribution < -0.4 is 10.2 Å². The van der Waals surface area contributed by atoms with Crippen molar-refractivity contribution in [3.63, 3.8) is 0 Å². The molecule has 0 saturated carbocycles. The molecule has 1 amide bonds. The van der Waals surface area contributed by atoms with Gasteiger partial charge in [-0.05, 0) is 36.4 Å². The number of nitrogens with one attached hydrogen (secondary N) is 1. The Hall–Kier alpha value is -3.26. The smallest absolute Gasteiger partial charge is 0.256 e.